The van der Waals surface area contributed by atoms with E-state index in [4.69, 9.17) is 4.74 Å². The van der Waals surface area contributed by atoms with Gasteiger partial charge in [0.15, 0.2) is 0 Å². The molecule has 33 heavy (non-hydrogen) atoms. The van der Waals surface area contributed by atoms with Gasteiger partial charge in [-0.3, -0.25) is 4.79 Å². The van der Waals surface area contributed by atoms with E-state index in [1.807, 2.05) is 5.57 Å². The third kappa shape index (κ3) is 4.58. The smallest absolute Gasteiger partial charge is 0.302 e. The zero-order valence-electron chi connectivity index (χ0n) is 22.8. The van der Waals surface area contributed by atoms with Gasteiger partial charge in [-0.05, 0) is 110 Å². The van der Waals surface area contributed by atoms with E-state index < -0.39 is 0 Å². The molecule has 0 saturated heterocycles. The Morgan fingerprint density at radius 1 is 1.03 bits per heavy atom. The summed E-state index contributed by atoms with van der Waals surface area (Å²) in [4.78, 5) is 11.5. The van der Waals surface area contributed by atoms with Gasteiger partial charge in [-0.25, -0.2) is 0 Å². The fraction of sp³-hybridized carbons (Fsp3) is 0.903. The van der Waals surface area contributed by atoms with Crippen molar-refractivity contribution in [2.75, 3.05) is 0 Å². The number of rotatable bonds is 7. The summed E-state index contributed by atoms with van der Waals surface area (Å²) in [6.45, 7) is 16.6. The lowest BCUT2D eigenvalue weighted by atomic mass is 9.47. The van der Waals surface area contributed by atoms with Crippen molar-refractivity contribution in [2.45, 2.75) is 125 Å². The first-order valence-electron chi connectivity index (χ1n) is 14.5. The molecule has 3 saturated carbocycles. The van der Waals surface area contributed by atoms with E-state index in [-0.39, 0.29) is 12.1 Å². The average molecular weight is 457 g/mol. The second kappa shape index (κ2) is 9.69. The van der Waals surface area contributed by atoms with E-state index in [1.165, 1.54) is 57.8 Å². The fourth-order valence-corrected chi connectivity index (χ4v) is 9.48. The van der Waals surface area contributed by atoms with Crippen molar-refractivity contribution >= 4 is 5.97 Å². The molecule has 3 fully saturated rings. The van der Waals surface area contributed by atoms with Gasteiger partial charge < -0.3 is 4.74 Å². The van der Waals surface area contributed by atoms with Crippen LogP contribution in [0.15, 0.2) is 11.6 Å². The van der Waals surface area contributed by atoms with Crippen LogP contribution in [0.1, 0.15) is 119 Å². The summed E-state index contributed by atoms with van der Waals surface area (Å²) in [7, 11) is 0. The Bertz CT molecular complexity index is 737. The fourth-order valence-electron chi connectivity index (χ4n) is 9.48. The Hall–Kier alpha value is -0.790. The number of esters is 1. The van der Waals surface area contributed by atoms with Gasteiger partial charge in [-0.2, -0.15) is 0 Å². The molecule has 0 bridgehead atoms. The molecule has 0 aromatic carbocycles. The molecule has 4 aliphatic rings. The van der Waals surface area contributed by atoms with Crippen LogP contribution in [0.25, 0.3) is 0 Å². The van der Waals surface area contributed by atoms with Crippen LogP contribution >= 0.6 is 0 Å². The Morgan fingerprint density at radius 3 is 2.39 bits per heavy atom. The summed E-state index contributed by atoms with van der Waals surface area (Å²) in [5, 5.41) is 0. The van der Waals surface area contributed by atoms with Crippen LogP contribution in [0.3, 0.4) is 0 Å². The molecule has 4 aliphatic carbocycles. The zero-order valence-corrected chi connectivity index (χ0v) is 22.8. The number of carbonyl (C=O) groups excluding carboxylic acids is 1. The molecule has 0 aliphatic heterocycles. The first-order chi connectivity index (χ1) is 15.6. The van der Waals surface area contributed by atoms with Crippen molar-refractivity contribution in [1.29, 1.82) is 0 Å². The molecule has 2 heteroatoms. The van der Waals surface area contributed by atoms with Crippen LogP contribution in [0, 0.1) is 52.3 Å². The minimum Gasteiger partial charge on any atom is -0.463 e. The molecule has 4 rings (SSSR count). The second-order valence-electron chi connectivity index (χ2n) is 13.4. The lowest BCUT2D eigenvalue weighted by Gasteiger charge is -2.58. The predicted octanol–water partition coefficient (Wildman–Crippen LogP) is 8.60. The molecule has 0 unspecified atom stereocenters. The van der Waals surface area contributed by atoms with Crippen molar-refractivity contribution < 1.29 is 9.53 Å². The molecular formula is C31H52O2. The van der Waals surface area contributed by atoms with E-state index in [9.17, 15) is 4.79 Å². The maximum Gasteiger partial charge on any atom is 0.302 e. The summed E-state index contributed by atoms with van der Waals surface area (Å²) in [5.41, 5.74) is 2.79. The van der Waals surface area contributed by atoms with E-state index in [1.54, 1.807) is 6.92 Å². The van der Waals surface area contributed by atoms with Crippen molar-refractivity contribution in [3.05, 3.63) is 11.6 Å². The minimum atomic E-state index is -0.103. The maximum atomic E-state index is 11.5. The molecule has 0 aromatic heterocycles. The lowest BCUT2D eigenvalue weighted by Crippen LogP contribution is -2.50. The standard InChI is InChI=1S/C31H52O2/c1-8-23(20(2)3)10-9-21(4)27-13-14-28-26-12-11-24-19-25(33-22(5)32)15-17-30(24,6)29(26)16-18-31(27,28)7/h12,20-21,23-25,27-29H,8-11,13-19H2,1-7H3/t21-,23-,24+,25-,27+,28-,29+,30+,31-/m1/s1. The highest BCUT2D eigenvalue weighted by molar-refractivity contribution is 5.66. The Kier molecular flexibility index (Phi) is 7.43. The summed E-state index contributed by atoms with van der Waals surface area (Å²) >= 11 is 0. The highest BCUT2D eigenvalue weighted by Gasteiger charge is 2.58. The van der Waals surface area contributed by atoms with Gasteiger partial charge in [0, 0.05) is 6.92 Å². The molecule has 0 radical (unpaired) electrons. The number of hydrogen-bond donors (Lipinski definition) is 0. The first kappa shape index (κ1) is 25.3. The summed E-state index contributed by atoms with van der Waals surface area (Å²) in [5.74, 6) is 5.65. The maximum absolute atomic E-state index is 11.5. The highest BCUT2D eigenvalue weighted by atomic mass is 16.5. The van der Waals surface area contributed by atoms with Crippen LogP contribution in [0.2, 0.25) is 0 Å². The molecule has 188 valence electrons. The van der Waals surface area contributed by atoms with Gasteiger partial charge in [0.1, 0.15) is 6.10 Å². The van der Waals surface area contributed by atoms with Crippen molar-refractivity contribution in [1.82, 2.24) is 0 Å². The van der Waals surface area contributed by atoms with Crippen LogP contribution in [-0.2, 0) is 9.53 Å². The molecule has 9 atom stereocenters. The van der Waals surface area contributed by atoms with Crippen molar-refractivity contribution in [3.63, 3.8) is 0 Å². The predicted molar refractivity (Wildman–Crippen MR) is 138 cm³/mol. The molecular weight excluding hydrogens is 404 g/mol. The molecule has 0 aromatic rings. The molecule has 0 amide bonds. The minimum absolute atomic E-state index is 0.103. The highest BCUT2D eigenvalue weighted by Crippen LogP contribution is 2.67. The quantitative estimate of drug-likeness (QED) is 0.283. The monoisotopic (exact) mass is 456 g/mol. The van der Waals surface area contributed by atoms with Gasteiger partial charge in [0.05, 0.1) is 0 Å². The van der Waals surface area contributed by atoms with Crippen LogP contribution < -0.4 is 0 Å². The molecule has 0 N–H and O–H groups in total. The third-order valence-electron chi connectivity index (χ3n) is 11.6. The van der Waals surface area contributed by atoms with E-state index >= 15 is 0 Å². The third-order valence-corrected chi connectivity index (χ3v) is 11.6. The topological polar surface area (TPSA) is 26.3 Å². The van der Waals surface area contributed by atoms with Gasteiger partial charge in [-0.1, -0.05) is 66.0 Å². The van der Waals surface area contributed by atoms with E-state index in [0.717, 1.165) is 48.3 Å². The first-order valence-corrected chi connectivity index (χ1v) is 14.5. The van der Waals surface area contributed by atoms with Crippen LogP contribution in [-0.4, -0.2) is 12.1 Å². The number of allylic oxidation sites excluding steroid dienone is 2. The van der Waals surface area contributed by atoms with Crippen molar-refractivity contribution in [2.24, 2.45) is 52.3 Å². The number of carbonyl (C=O) groups is 1. The second-order valence-corrected chi connectivity index (χ2v) is 13.4. The number of ether oxygens (including phenoxy) is 1. The van der Waals surface area contributed by atoms with Gasteiger partial charge in [0.2, 0.25) is 0 Å². The molecule has 0 spiro atoms. The zero-order chi connectivity index (χ0) is 24.0. The number of hydrogen-bond acceptors (Lipinski definition) is 2. The van der Waals surface area contributed by atoms with E-state index in [2.05, 4.69) is 47.6 Å². The van der Waals surface area contributed by atoms with Crippen LogP contribution in [0.4, 0.5) is 0 Å². The molecule has 0 heterocycles. The van der Waals surface area contributed by atoms with Gasteiger partial charge in [0.25, 0.3) is 0 Å². The Morgan fingerprint density at radius 2 is 1.73 bits per heavy atom. The SMILES string of the molecule is CC[C@H](CC[C@@H](C)[C@@H]1CC[C@@H]2C3=CC[C@H]4C[C@H](OC(C)=O)CC[C@]4(C)[C@H]3CC[C@@]21C)C(C)C. The van der Waals surface area contributed by atoms with Crippen molar-refractivity contribution in [3.8, 4) is 0 Å². The lowest BCUT2D eigenvalue weighted by molar-refractivity contribution is -0.152. The normalized spacial score (nSPS) is 42.1. The summed E-state index contributed by atoms with van der Waals surface area (Å²) < 4.78 is 5.65. The number of fused-ring (bicyclic) bond motifs is 5. The summed E-state index contributed by atoms with van der Waals surface area (Å²) in [6, 6.07) is 0. The largest absolute Gasteiger partial charge is 0.463 e. The Labute approximate surface area is 204 Å². The van der Waals surface area contributed by atoms with E-state index in [0.29, 0.717) is 16.7 Å². The van der Waals surface area contributed by atoms with Gasteiger partial charge in [-0.15, -0.1) is 0 Å². The average Bonchev–Trinajstić information content (AvgIpc) is 3.11. The molecule has 2 nitrogen and oxygen atoms in total. The van der Waals surface area contributed by atoms with Crippen LogP contribution in [0.5, 0.6) is 0 Å². The van der Waals surface area contributed by atoms with Gasteiger partial charge >= 0.3 is 5.97 Å². The summed E-state index contributed by atoms with van der Waals surface area (Å²) in [6.07, 6.45) is 17.3. The Balaban J connectivity index is 1.46.